The molecule has 1 saturated heterocycles. The molecule has 0 aromatic heterocycles. The third-order valence-electron chi connectivity index (χ3n) is 4.11. The molecule has 1 aliphatic heterocycles. The molecule has 0 atom stereocenters. The van der Waals surface area contributed by atoms with Crippen molar-refractivity contribution in [2.24, 2.45) is 0 Å². The predicted molar refractivity (Wildman–Crippen MR) is 121 cm³/mol. The van der Waals surface area contributed by atoms with Gasteiger partial charge in [-0.2, -0.15) is 0 Å². The first-order valence-electron chi connectivity index (χ1n) is 9.84. The smallest absolute Gasteiger partial charge is 0.326 e. The second kappa shape index (κ2) is 10.6. The van der Waals surface area contributed by atoms with E-state index in [1.54, 1.807) is 50.2 Å². The molecule has 8 nitrogen and oxygen atoms in total. The van der Waals surface area contributed by atoms with Crippen molar-refractivity contribution >= 4 is 46.5 Å². The molecule has 1 aliphatic rings. The van der Waals surface area contributed by atoms with Gasteiger partial charge >= 0.3 is 5.97 Å². The number of rotatable bonds is 8. The molecule has 0 spiro atoms. The quantitative estimate of drug-likeness (QED) is 0.479. The zero-order valence-corrected chi connectivity index (χ0v) is 18.4. The third-order valence-corrected chi connectivity index (χ3v) is 5.02. The number of carbonyl (C=O) groups is 4. The fourth-order valence-corrected chi connectivity index (χ4v) is 3.62. The highest BCUT2D eigenvalue weighted by Gasteiger charge is 2.36. The number of para-hydroxylation sites is 1. The van der Waals surface area contributed by atoms with Crippen LogP contribution < -0.4 is 10.1 Å². The van der Waals surface area contributed by atoms with Gasteiger partial charge in [0.05, 0.1) is 11.0 Å². The number of benzene rings is 2. The molecule has 1 heterocycles. The maximum Gasteiger partial charge on any atom is 0.326 e. The Hall–Kier alpha value is -3.59. The van der Waals surface area contributed by atoms with Gasteiger partial charge in [0.2, 0.25) is 0 Å². The number of ether oxygens (including phenoxy) is 2. The highest BCUT2D eigenvalue weighted by Crippen LogP contribution is 2.32. The molecule has 1 fully saturated rings. The lowest BCUT2D eigenvalue weighted by Gasteiger charge is -2.13. The lowest BCUT2D eigenvalue weighted by molar-refractivity contribution is -0.149. The van der Waals surface area contributed by atoms with Crippen molar-refractivity contribution in [3.05, 3.63) is 65.1 Å². The van der Waals surface area contributed by atoms with Crippen molar-refractivity contribution in [2.75, 3.05) is 18.5 Å². The van der Waals surface area contributed by atoms with Crippen LogP contribution in [-0.4, -0.2) is 47.2 Å². The second-order valence-electron chi connectivity index (χ2n) is 7.08. The Balaban J connectivity index is 1.61. The Morgan fingerprint density at radius 3 is 2.56 bits per heavy atom. The van der Waals surface area contributed by atoms with Gasteiger partial charge in [-0.25, -0.2) is 0 Å². The average Bonchev–Trinajstić information content (AvgIpc) is 3.00. The van der Waals surface area contributed by atoms with E-state index in [0.717, 1.165) is 16.7 Å². The number of esters is 1. The Morgan fingerprint density at radius 1 is 1.09 bits per heavy atom. The molecule has 0 bridgehead atoms. The van der Waals surface area contributed by atoms with Crippen molar-refractivity contribution in [3.8, 4) is 5.75 Å². The molecular weight excluding hydrogens is 432 g/mol. The fourth-order valence-electron chi connectivity index (χ4n) is 2.78. The molecule has 0 unspecified atom stereocenters. The molecular formula is C23H22N2O6S. The fraction of sp³-hybridized carbons (Fsp3) is 0.217. The third kappa shape index (κ3) is 6.45. The summed E-state index contributed by atoms with van der Waals surface area (Å²) in [6.45, 7) is 2.75. The standard InChI is InChI=1S/C23H22N2O6S/c1-15(2)31-21(27)13-25-22(28)19(32-23(25)29)12-16-7-6-10-18(11-16)30-14-20(26)24-17-8-4-3-5-9-17/h3-12,15H,13-14H2,1-2H3,(H,24,26)/b19-12-. The number of nitrogens with one attached hydrogen (secondary N) is 1. The van der Waals surface area contributed by atoms with Crippen LogP contribution in [0.2, 0.25) is 0 Å². The summed E-state index contributed by atoms with van der Waals surface area (Å²) >= 11 is 0.749. The van der Waals surface area contributed by atoms with Crippen LogP contribution in [0.15, 0.2) is 59.5 Å². The molecule has 2 aromatic rings. The van der Waals surface area contributed by atoms with Crippen LogP contribution in [0.1, 0.15) is 19.4 Å². The molecule has 0 saturated carbocycles. The van der Waals surface area contributed by atoms with Gasteiger partial charge in [0, 0.05) is 5.69 Å². The van der Waals surface area contributed by atoms with E-state index >= 15 is 0 Å². The van der Waals surface area contributed by atoms with E-state index in [4.69, 9.17) is 9.47 Å². The van der Waals surface area contributed by atoms with Crippen molar-refractivity contribution < 1.29 is 28.7 Å². The number of imide groups is 1. The normalized spacial score (nSPS) is 14.7. The Kier molecular flexibility index (Phi) is 7.67. The number of hydrogen-bond donors (Lipinski definition) is 1. The van der Waals surface area contributed by atoms with E-state index in [0.29, 0.717) is 17.0 Å². The van der Waals surface area contributed by atoms with Crippen LogP contribution in [-0.2, 0) is 19.1 Å². The molecule has 2 aromatic carbocycles. The maximum atomic E-state index is 12.5. The van der Waals surface area contributed by atoms with Crippen molar-refractivity contribution in [1.29, 1.82) is 0 Å². The first-order valence-corrected chi connectivity index (χ1v) is 10.7. The summed E-state index contributed by atoms with van der Waals surface area (Å²) in [4.78, 5) is 49.6. The van der Waals surface area contributed by atoms with Gasteiger partial charge in [-0.1, -0.05) is 30.3 Å². The van der Waals surface area contributed by atoms with Crippen LogP contribution in [0.5, 0.6) is 5.75 Å². The molecule has 0 radical (unpaired) electrons. The van der Waals surface area contributed by atoms with Gasteiger partial charge in [0.25, 0.3) is 17.1 Å². The largest absolute Gasteiger partial charge is 0.484 e. The summed E-state index contributed by atoms with van der Waals surface area (Å²) in [7, 11) is 0. The topological polar surface area (TPSA) is 102 Å². The van der Waals surface area contributed by atoms with Crippen LogP contribution in [0, 0.1) is 0 Å². The van der Waals surface area contributed by atoms with Crippen LogP contribution >= 0.6 is 11.8 Å². The Bertz CT molecular complexity index is 1050. The molecule has 1 N–H and O–H groups in total. The molecule has 3 rings (SSSR count). The lowest BCUT2D eigenvalue weighted by Crippen LogP contribution is -2.35. The molecule has 3 amide bonds. The summed E-state index contributed by atoms with van der Waals surface area (Å²) in [6, 6.07) is 15.8. The first-order chi connectivity index (χ1) is 15.3. The highest BCUT2D eigenvalue weighted by atomic mass is 32.2. The zero-order valence-electron chi connectivity index (χ0n) is 17.6. The maximum absolute atomic E-state index is 12.5. The van der Waals surface area contributed by atoms with Gasteiger partial charge in [0.15, 0.2) is 6.61 Å². The van der Waals surface area contributed by atoms with Crippen LogP contribution in [0.3, 0.4) is 0 Å². The monoisotopic (exact) mass is 454 g/mol. The van der Waals surface area contributed by atoms with E-state index in [-0.39, 0.29) is 23.5 Å². The van der Waals surface area contributed by atoms with Crippen LogP contribution in [0.25, 0.3) is 6.08 Å². The Morgan fingerprint density at radius 2 is 1.84 bits per heavy atom. The Labute approximate surface area is 189 Å². The molecule has 166 valence electrons. The van der Waals surface area contributed by atoms with Gasteiger partial charge < -0.3 is 14.8 Å². The molecule has 0 aliphatic carbocycles. The number of carbonyl (C=O) groups excluding carboxylic acids is 4. The van der Waals surface area contributed by atoms with Crippen molar-refractivity contribution in [2.45, 2.75) is 20.0 Å². The summed E-state index contributed by atoms with van der Waals surface area (Å²) in [5, 5.41) is 2.19. The van der Waals surface area contributed by atoms with Crippen molar-refractivity contribution in [3.63, 3.8) is 0 Å². The van der Waals surface area contributed by atoms with E-state index in [1.807, 2.05) is 18.2 Å². The minimum absolute atomic E-state index is 0.186. The SMILES string of the molecule is CC(C)OC(=O)CN1C(=O)S/C(=C\c2cccc(OCC(=O)Nc3ccccc3)c2)C1=O. The van der Waals surface area contributed by atoms with E-state index < -0.39 is 23.7 Å². The first kappa shape index (κ1) is 23.1. The number of anilines is 1. The molecule has 32 heavy (non-hydrogen) atoms. The van der Waals surface area contributed by atoms with Crippen LogP contribution in [0.4, 0.5) is 10.5 Å². The van der Waals surface area contributed by atoms with Gasteiger partial charge in [-0.3, -0.25) is 24.1 Å². The number of hydrogen-bond acceptors (Lipinski definition) is 7. The second-order valence-corrected chi connectivity index (χ2v) is 8.08. The number of amides is 3. The lowest BCUT2D eigenvalue weighted by atomic mass is 10.2. The van der Waals surface area contributed by atoms with E-state index in [2.05, 4.69) is 5.32 Å². The molecule has 9 heteroatoms. The minimum Gasteiger partial charge on any atom is -0.484 e. The minimum atomic E-state index is -0.646. The zero-order chi connectivity index (χ0) is 23.1. The predicted octanol–water partition coefficient (Wildman–Crippen LogP) is 3.69. The van der Waals surface area contributed by atoms with Gasteiger partial charge in [-0.05, 0) is 61.5 Å². The summed E-state index contributed by atoms with van der Waals surface area (Å²) in [6.07, 6.45) is 1.20. The highest BCUT2D eigenvalue weighted by molar-refractivity contribution is 8.18. The summed E-state index contributed by atoms with van der Waals surface area (Å²) in [5.74, 6) is -1.08. The number of nitrogens with zero attached hydrogens (tertiary/aromatic N) is 1. The van der Waals surface area contributed by atoms with E-state index in [9.17, 15) is 19.2 Å². The summed E-state index contributed by atoms with van der Waals surface area (Å²) in [5.41, 5.74) is 1.28. The van der Waals surface area contributed by atoms with Gasteiger partial charge in [0.1, 0.15) is 12.3 Å². The number of thioether (sulfide) groups is 1. The summed E-state index contributed by atoms with van der Waals surface area (Å²) < 4.78 is 10.5. The average molecular weight is 455 g/mol. The van der Waals surface area contributed by atoms with Crippen molar-refractivity contribution in [1.82, 2.24) is 4.90 Å². The van der Waals surface area contributed by atoms with E-state index in [1.165, 1.54) is 6.08 Å². The van der Waals surface area contributed by atoms with Gasteiger partial charge in [-0.15, -0.1) is 0 Å².